The molecular formula is C19H30NO7P. The SMILES string of the molecule is CC(CCC(=O)Nc1ccccc1OCCCCCCC(=O)O)CP(=O)(O)O. The van der Waals surface area contributed by atoms with Crippen molar-refractivity contribution in [3.05, 3.63) is 24.3 Å². The third-order valence-electron chi connectivity index (χ3n) is 4.12. The topological polar surface area (TPSA) is 133 Å². The second kappa shape index (κ2) is 12.5. The Kier molecular flexibility index (Phi) is 10.8. The molecule has 158 valence electrons. The molecule has 1 amide bonds. The highest BCUT2D eigenvalue weighted by Gasteiger charge is 2.19. The Balaban J connectivity index is 2.37. The summed E-state index contributed by atoms with van der Waals surface area (Å²) in [6, 6.07) is 7.08. The zero-order chi connectivity index (χ0) is 21.0. The lowest BCUT2D eigenvalue weighted by Crippen LogP contribution is -2.15. The molecule has 1 aromatic rings. The molecule has 8 nitrogen and oxygen atoms in total. The van der Waals surface area contributed by atoms with Crippen LogP contribution in [0.4, 0.5) is 5.69 Å². The van der Waals surface area contributed by atoms with Gasteiger partial charge < -0.3 is 24.9 Å². The van der Waals surface area contributed by atoms with Crippen LogP contribution >= 0.6 is 7.60 Å². The highest BCUT2D eigenvalue weighted by atomic mass is 31.2. The number of carbonyl (C=O) groups excluding carboxylic acids is 1. The molecule has 0 heterocycles. The van der Waals surface area contributed by atoms with Gasteiger partial charge in [0, 0.05) is 12.8 Å². The van der Waals surface area contributed by atoms with Crippen LogP contribution in [-0.4, -0.2) is 39.5 Å². The first-order valence-corrected chi connectivity index (χ1v) is 11.2. The molecule has 0 spiro atoms. The summed E-state index contributed by atoms with van der Waals surface area (Å²) < 4.78 is 16.7. The van der Waals surface area contributed by atoms with E-state index in [9.17, 15) is 14.2 Å². The van der Waals surface area contributed by atoms with E-state index in [-0.39, 0.29) is 30.8 Å². The number of aliphatic carboxylic acids is 1. The Labute approximate surface area is 165 Å². The predicted octanol–water partition coefficient (Wildman–Crippen LogP) is 3.63. The smallest absolute Gasteiger partial charge is 0.325 e. The second-order valence-electron chi connectivity index (χ2n) is 6.94. The van der Waals surface area contributed by atoms with Crippen LogP contribution in [0.15, 0.2) is 24.3 Å². The molecule has 1 aromatic carbocycles. The Morgan fingerprint density at radius 1 is 1.11 bits per heavy atom. The standard InChI is InChI=1S/C19H30NO7P/c1-15(14-28(24,25)26)11-12-18(21)20-16-8-5-6-9-17(16)27-13-7-3-2-4-10-19(22)23/h5-6,8-9,15H,2-4,7,10-14H2,1H3,(H,20,21)(H,22,23)(H2,24,25,26). The second-order valence-corrected chi connectivity index (χ2v) is 8.64. The number of benzene rings is 1. The highest BCUT2D eigenvalue weighted by Crippen LogP contribution is 2.37. The van der Waals surface area contributed by atoms with Crippen molar-refractivity contribution >= 4 is 25.2 Å². The minimum absolute atomic E-state index is 0.166. The molecule has 1 unspecified atom stereocenters. The van der Waals surface area contributed by atoms with Crippen LogP contribution in [0, 0.1) is 5.92 Å². The van der Waals surface area contributed by atoms with E-state index in [4.69, 9.17) is 19.6 Å². The van der Waals surface area contributed by atoms with Crippen LogP contribution in [0.3, 0.4) is 0 Å². The van der Waals surface area contributed by atoms with Gasteiger partial charge in [0.1, 0.15) is 5.75 Å². The molecule has 28 heavy (non-hydrogen) atoms. The van der Waals surface area contributed by atoms with Gasteiger partial charge in [0.15, 0.2) is 0 Å². The summed E-state index contributed by atoms with van der Waals surface area (Å²) in [7, 11) is -4.06. The van der Waals surface area contributed by atoms with E-state index in [1.807, 2.05) is 0 Å². The fourth-order valence-corrected chi connectivity index (χ4v) is 3.69. The number of ether oxygens (including phenoxy) is 1. The highest BCUT2D eigenvalue weighted by molar-refractivity contribution is 7.51. The Morgan fingerprint density at radius 2 is 1.79 bits per heavy atom. The van der Waals surface area contributed by atoms with Crippen LogP contribution in [0.1, 0.15) is 51.9 Å². The van der Waals surface area contributed by atoms with Crippen molar-refractivity contribution in [1.29, 1.82) is 0 Å². The Morgan fingerprint density at radius 3 is 2.46 bits per heavy atom. The number of hydrogen-bond donors (Lipinski definition) is 4. The van der Waals surface area contributed by atoms with Crippen molar-refractivity contribution in [3.8, 4) is 5.75 Å². The van der Waals surface area contributed by atoms with Crippen LogP contribution < -0.4 is 10.1 Å². The van der Waals surface area contributed by atoms with E-state index >= 15 is 0 Å². The molecule has 0 saturated heterocycles. The van der Waals surface area contributed by atoms with E-state index in [0.29, 0.717) is 30.9 Å². The van der Waals surface area contributed by atoms with E-state index in [1.165, 1.54) is 0 Å². The minimum atomic E-state index is -4.06. The maximum absolute atomic E-state index is 12.1. The monoisotopic (exact) mass is 415 g/mol. The van der Waals surface area contributed by atoms with Gasteiger partial charge in [-0.15, -0.1) is 0 Å². The maximum atomic E-state index is 12.1. The van der Waals surface area contributed by atoms with Gasteiger partial charge >= 0.3 is 13.6 Å². The van der Waals surface area contributed by atoms with E-state index in [2.05, 4.69) is 5.32 Å². The predicted molar refractivity (Wildman–Crippen MR) is 107 cm³/mol. The van der Waals surface area contributed by atoms with Gasteiger partial charge in [-0.3, -0.25) is 14.2 Å². The molecule has 0 saturated carbocycles. The molecule has 1 atom stereocenters. The Hall–Kier alpha value is -1.89. The average molecular weight is 415 g/mol. The third-order valence-corrected chi connectivity index (χ3v) is 5.22. The summed E-state index contributed by atoms with van der Waals surface area (Å²) >= 11 is 0. The average Bonchev–Trinajstić information content (AvgIpc) is 2.59. The molecule has 4 N–H and O–H groups in total. The zero-order valence-corrected chi connectivity index (χ0v) is 17.1. The lowest BCUT2D eigenvalue weighted by Gasteiger charge is -2.14. The molecule has 0 aromatic heterocycles. The number of carboxylic acid groups (broad SMARTS) is 1. The summed E-state index contributed by atoms with van der Waals surface area (Å²) in [5, 5.41) is 11.4. The van der Waals surface area contributed by atoms with Crippen molar-refractivity contribution in [2.75, 3.05) is 18.1 Å². The number of amides is 1. The number of unbranched alkanes of at least 4 members (excludes halogenated alkanes) is 3. The van der Waals surface area contributed by atoms with Crippen molar-refractivity contribution in [2.24, 2.45) is 5.92 Å². The lowest BCUT2D eigenvalue weighted by molar-refractivity contribution is -0.137. The van der Waals surface area contributed by atoms with Gasteiger partial charge in [0.2, 0.25) is 5.91 Å². The number of anilines is 1. The molecular weight excluding hydrogens is 385 g/mol. The molecule has 9 heteroatoms. The van der Waals surface area contributed by atoms with E-state index < -0.39 is 13.6 Å². The van der Waals surface area contributed by atoms with Crippen molar-refractivity contribution in [2.45, 2.75) is 51.9 Å². The Bertz CT molecular complexity index is 674. The summed E-state index contributed by atoms with van der Waals surface area (Å²) in [4.78, 5) is 40.5. The number of carboxylic acids is 1. The van der Waals surface area contributed by atoms with E-state index in [1.54, 1.807) is 31.2 Å². The van der Waals surface area contributed by atoms with Crippen molar-refractivity contribution in [1.82, 2.24) is 0 Å². The summed E-state index contributed by atoms with van der Waals surface area (Å²) in [5.41, 5.74) is 0.556. The van der Waals surface area contributed by atoms with E-state index in [0.717, 1.165) is 19.3 Å². The minimum Gasteiger partial charge on any atom is -0.491 e. The van der Waals surface area contributed by atoms with Gasteiger partial charge in [-0.1, -0.05) is 31.9 Å². The normalized spacial score (nSPS) is 12.4. The largest absolute Gasteiger partial charge is 0.491 e. The first kappa shape index (κ1) is 24.1. The number of carbonyl (C=O) groups is 2. The fraction of sp³-hybridized carbons (Fsp3) is 0.579. The fourth-order valence-electron chi connectivity index (χ4n) is 2.70. The van der Waals surface area contributed by atoms with Gasteiger partial charge in [0.25, 0.3) is 0 Å². The molecule has 0 radical (unpaired) electrons. The van der Waals surface area contributed by atoms with Crippen LogP contribution in [0.5, 0.6) is 5.75 Å². The van der Waals surface area contributed by atoms with Gasteiger partial charge in [-0.2, -0.15) is 0 Å². The number of rotatable bonds is 14. The van der Waals surface area contributed by atoms with Crippen LogP contribution in [0.2, 0.25) is 0 Å². The molecule has 0 bridgehead atoms. The van der Waals surface area contributed by atoms with Gasteiger partial charge in [0.05, 0.1) is 18.5 Å². The summed E-state index contributed by atoms with van der Waals surface area (Å²) in [6.07, 6.45) is 3.66. The summed E-state index contributed by atoms with van der Waals surface area (Å²) in [5.74, 6) is -0.705. The molecule has 0 fully saturated rings. The molecule has 1 rings (SSSR count). The molecule has 0 aliphatic rings. The molecule has 0 aliphatic carbocycles. The quantitative estimate of drug-likeness (QED) is 0.269. The first-order valence-electron chi connectivity index (χ1n) is 9.45. The maximum Gasteiger partial charge on any atom is 0.325 e. The molecule has 0 aliphatic heterocycles. The van der Waals surface area contributed by atoms with Crippen LogP contribution in [0.25, 0.3) is 0 Å². The number of para-hydroxylation sites is 2. The van der Waals surface area contributed by atoms with Gasteiger partial charge in [-0.05, 0) is 37.3 Å². The summed E-state index contributed by atoms with van der Waals surface area (Å²) in [6.45, 7) is 2.18. The number of hydrogen-bond acceptors (Lipinski definition) is 4. The lowest BCUT2D eigenvalue weighted by atomic mass is 10.1. The van der Waals surface area contributed by atoms with Crippen molar-refractivity contribution < 1.29 is 33.8 Å². The third kappa shape index (κ3) is 11.7. The van der Waals surface area contributed by atoms with Crippen molar-refractivity contribution in [3.63, 3.8) is 0 Å². The zero-order valence-electron chi connectivity index (χ0n) is 16.2. The first-order chi connectivity index (χ1) is 13.2. The van der Waals surface area contributed by atoms with Gasteiger partial charge in [-0.25, -0.2) is 0 Å². The van der Waals surface area contributed by atoms with Crippen LogP contribution in [-0.2, 0) is 14.2 Å². The number of nitrogens with one attached hydrogen (secondary N) is 1.